The number of carbonyl (C=O) groups is 2. The molecule has 3 aliphatic carbocycles. The molecule has 1 amide bonds. The second kappa shape index (κ2) is 4.69. The van der Waals surface area contributed by atoms with E-state index in [1.165, 1.54) is 12.0 Å². The summed E-state index contributed by atoms with van der Waals surface area (Å²) >= 11 is 0. The van der Waals surface area contributed by atoms with E-state index in [4.69, 9.17) is 0 Å². The topological polar surface area (TPSA) is 46.2 Å². The lowest BCUT2D eigenvalue weighted by Crippen LogP contribution is -2.49. The summed E-state index contributed by atoms with van der Waals surface area (Å²) in [6, 6.07) is 0. The monoisotopic (exact) mass is 301 g/mol. The van der Waals surface area contributed by atoms with E-state index in [2.05, 4.69) is 19.2 Å². The fourth-order valence-corrected chi connectivity index (χ4v) is 6.34. The second-order valence-corrected chi connectivity index (χ2v) is 8.46. The summed E-state index contributed by atoms with van der Waals surface area (Å²) in [7, 11) is 0. The van der Waals surface area contributed by atoms with E-state index in [0.717, 1.165) is 45.1 Å². The van der Waals surface area contributed by atoms with Crippen molar-refractivity contribution in [1.82, 2.24) is 5.32 Å². The van der Waals surface area contributed by atoms with Crippen molar-refractivity contribution < 1.29 is 9.59 Å². The maximum absolute atomic E-state index is 12.4. The first kappa shape index (κ1) is 14.5. The Kier molecular flexibility index (Phi) is 3.08. The van der Waals surface area contributed by atoms with Crippen LogP contribution in [0.25, 0.3) is 0 Å². The lowest BCUT2D eigenvalue weighted by atomic mass is 9.48. The first-order valence-electron chi connectivity index (χ1n) is 8.97. The molecule has 1 heterocycles. The molecular weight excluding hydrogens is 274 g/mol. The third kappa shape index (κ3) is 1.80. The van der Waals surface area contributed by atoms with E-state index < -0.39 is 0 Å². The lowest BCUT2D eigenvalue weighted by Gasteiger charge is -2.55. The Morgan fingerprint density at radius 3 is 2.59 bits per heavy atom. The van der Waals surface area contributed by atoms with Crippen molar-refractivity contribution in [1.29, 1.82) is 0 Å². The molecule has 0 saturated heterocycles. The number of nitrogens with one attached hydrogen (secondary N) is 1. The first-order chi connectivity index (χ1) is 10.4. The second-order valence-electron chi connectivity index (χ2n) is 8.46. The molecule has 1 unspecified atom stereocenters. The Bertz CT molecular complexity index is 566. The van der Waals surface area contributed by atoms with Crippen LogP contribution in [-0.2, 0) is 9.59 Å². The molecule has 0 aromatic rings. The molecule has 5 atom stereocenters. The first-order valence-corrected chi connectivity index (χ1v) is 8.97. The van der Waals surface area contributed by atoms with Gasteiger partial charge >= 0.3 is 0 Å². The highest BCUT2D eigenvalue weighted by Crippen LogP contribution is 2.63. The Hall–Kier alpha value is -1.12. The lowest BCUT2D eigenvalue weighted by molar-refractivity contribution is -0.132. The fraction of sp³-hybridized carbons (Fsp3) is 0.789. The average molecular weight is 301 g/mol. The number of Topliss-reactive ketones (excluding diaryl/α,β-unsaturated/α-hetero) is 1. The molecule has 0 aromatic heterocycles. The molecule has 120 valence electrons. The molecule has 1 aliphatic heterocycles. The number of hydrogen-bond donors (Lipinski definition) is 1. The zero-order valence-corrected chi connectivity index (χ0v) is 13.8. The summed E-state index contributed by atoms with van der Waals surface area (Å²) in [6.07, 6.45) is 9.28. The van der Waals surface area contributed by atoms with Gasteiger partial charge in [0, 0.05) is 24.5 Å². The molecule has 4 rings (SSSR count). The van der Waals surface area contributed by atoms with E-state index in [1.807, 2.05) is 6.08 Å². The molecule has 4 aliphatic rings. The minimum absolute atomic E-state index is 0.0441. The number of fused-ring (bicyclic) bond motifs is 5. The third-order valence-electron chi connectivity index (χ3n) is 7.69. The van der Waals surface area contributed by atoms with Gasteiger partial charge < -0.3 is 5.32 Å². The van der Waals surface area contributed by atoms with Crippen LogP contribution in [0.5, 0.6) is 0 Å². The Labute approximate surface area is 132 Å². The molecular formula is C19H27NO2. The number of allylic oxidation sites excluding steroid dienone is 1. The largest absolute Gasteiger partial charge is 0.353 e. The molecule has 3 fully saturated rings. The molecule has 0 spiro atoms. The zero-order chi connectivity index (χ0) is 15.5. The maximum atomic E-state index is 12.4. The highest BCUT2D eigenvalue weighted by atomic mass is 16.1. The van der Waals surface area contributed by atoms with Crippen LogP contribution in [-0.4, -0.2) is 18.2 Å². The molecule has 3 saturated carbocycles. The van der Waals surface area contributed by atoms with Gasteiger partial charge in [-0.3, -0.25) is 9.59 Å². The van der Waals surface area contributed by atoms with Crippen LogP contribution < -0.4 is 5.32 Å². The van der Waals surface area contributed by atoms with Gasteiger partial charge in [0.1, 0.15) is 5.78 Å². The van der Waals surface area contributed by atoms with Gasteiger partial charge in [0.05, 0.1) is 0 Å². The predicted molar refractivity (Wildman–Crippen MR) is 85.1 cm³/mol. The number of amides is 1. The number of carbonyl (C=O) groups excluding carboxylic acids is 2. The average Bonchev–Trinajstić information content (AvgIpc) is 2.68. The van der Waals surface area contributed by atoms with Gasteiger partial charge in [-0.05, 0) is 61.7 Å². The van der Waals surface area contributed by atoms with Crippen LogP contribution in [0.3, 0.4) is 0 Å². The molecule has 0 radical (unpaired) electrons. The molecule has 1 N–H and O–H groups in total. The van der Waals surface area contributed by atoms with Crippen molar-refractivity contribution in [2.45, 2.75) is 58.8 Å². The van der Waals surface area contributed by atoms with E-state index in [-0.39, 0.29) is 16.7 Å². The van der Waals surface area contributed by atoms with Crippen molar-refractivity contribution >= 4 is 11.7 Å². The van der Waals surface area contributed by atoms with Gasteiger partial charge in [0.25, 0.3) is 0 Å². The third-order valence-corrected chi connectivity index (χ3v) is 7.69. The van der Waals surface area contributed by atoms with Gasteiger partial charge in [-0.2, -0.15) is 0 Å². The van der Waals surface area contributed by atoms with Crippen LogP contribution >= 0.6 is 0 Å². The predicted octanol–water partition coefficient (Wildman–Crippen LogP) is 3.24. The SMILES string of the molecule is C[C@]12CCNC(=O)C=C1CC[C@@H]1C2CC[C@]2(C)C(=O)CC[C@@H]12. The molecule has 0 bridgehead atoms. The van der Waals surface area contributed by atoms with E-state index in [1.54, 1.807) is 0 Å². The fourth-order valence-electron chi connectivity index (χ4n) is 6.34. The van der Waals surface area contributed by atoms with Crippen molar-refractivity contribution in [3.63, 3.8) is 0 Å². The molecule has 22 heavy (non-hydrogen) atoms. The molecule has 0 aromatic carbocycles. The quantitative estimate of drug-likeness (QED) is 0.746. The van der Waals surface area contributed by atoms with Crippen LogP contribution in [0.2, 0.25) is 0 Å². The Morgan fingerprint density at radius 2 is 1.77 bits per heavy atom. The Morgan fingerprint density at radius 1 is 1.00 bits per heavy atom. The smallest absolute Gasteiger partial charge is 0.243 e. The van der Waals surface area contributed by atoms with Crippen LogP contribution in [0.4, 0.5) is 0 Å². The van der Waals surface area contributed by atoms with E-state index in [9.17, 15) is 9.59 Å². The zero-order valence-electron chi connectivity index (χ0n) is 13.8. The van der Waals surface area contributed by atoms with Crippen molar-refractivity contribution in [3.8, 4) is 0 Å². The van der Waals surface area contributed by atoms with Crippen LogP contribution in [0, 0.1) is 28.6 Å². The van der Waals surface area contributed by atoms with Gasteiger partial charge in [-0.1, -0.05) is 19.4 Å². The van der Waals surface area contributed by atoms with Crippen molar-refractivity contribution in [2.24, 2.45) is 28.6 Å². The minimum Gasteiger partial charge on any atom is -0.353 e. The van der Waals surface area contributed by atoms with Gasteiger partial charge in [-0.25, -0.2) is 0 Å². The van der Waals surface area contributed by atoms with Crippen LogP contribution in [0.15, 0.2) is 11.6 Å². The van der Waals surface area contributed by atoms with Gasteiger partial charge in [0.15, 0.2) is 0 Å². The highest BCUT2D eigenvalue weighted by Gasteiger charge is 2.58. The highest BCUT2D eigenvalue weighted by molar-refractivity contribution is 5.89. The van der Waals surface area contributed by atoms with E-state index >= 15 is 0 Å². The standard InChI is InChI=1S/C19H27NO2/c1-18-9-10-20-17(22)11-12(18)3-4-13-14-5-6-16(21)19(14,2)8-7-15(13)18/h11,13-15H,3-10H2,1-2H3,(H,20,22)/t13-,14-,15?,18-,19-/m0/s1. The summed E-state index contributed by atoms with van der Waals surface area (Å²) in [5.41, 5.74) is 1.49. The summed E-state index contributed by atoms with van der Waals surface area (Å²) in [5.74, 6) is 2.53. The minimum atomic E-state index is -0.0441. The van der Waals surface area contributed by atoms with Crippen molar-refractivity contribution in [3.05, 3.63) is 11.6 Å². The van der Waals surface area contributed by atoms with Crippen molar-refractivity contribution in [2.75, 3.05) is 6.54 Å². The summed E-state index contributed by atoms with van der Waals surface area (Å²) in [5, 5.41) is 3.01. The number of hydrogen-bond acceptors (Lipinski definition) is 2. The van der Waals surface area contributed by atoms with Crippen LogP contribution in [0.1, 0.15) is 58.8 Å². The van der Waals surface area contributed by atoms with Gasteiger partial charge in [-0.15, -0.1) is 0 Å². The normalized spacial score (nSPS) is 47.7. The number of rotatable bonds is 0. The Balaban J connectivity index is 1.70. The maximum Gasteiger partial charge on any atom is 0.243 e. The van der Waals surface area contributed by atoms with Gasteiger partial charge in [0.2, 0.25) is 5.91 Å². The summed E-state index contributed by atoms with van der Waals surface area (Å²) in [4.78, 5) is 24.3. The molecule has 3 heteroatoms. The molecule has 3 nitrogen and oxygen atoms in total. The summed E-state index contributed by atoms with van der Waals surface area (Å²) in [6.45, 7) is 5.41. The summed E-state index contributed by atoms with van der Waals surface area (Å²) < 4.78 is 0. The van der Waals surface area contributed by atoms with E-state index in [0.29, 0.717) is 23.5 Å². The number of ketones is 1.